The van der Waals surface area contributed by atoms with Crippen molar-refractivity contribution < 1.29 is 5.11 Å². The van der Waals surface area contributed by atoms with Crippen LogP contribution in [0.2, 0.25) is 0 Å². The zero-order valence-electron chi connectivity index (χ0n) is 9.82. The number of hydrogen-bond acceptors (Lipinski definition) is 3. The van der Waals surface area contributed by atoms with E-state index in [1.54, 1.807) is 0 Å². The summed E-state index contributed by atoms with van der Waals surface area (Å²) in [4.78, 5) is 4.26. The molecule has 16 heavy (non-hydrogen) atoms. The quantitative estimate of drug-likeness (QED) is 0.816. The van der Waals surface area contributed by atoms with Gasteiger partial charge >= 0.3 is 0 Å². The maximum absolute atomic E-state index is 9.81. The fraction of sp³-hybridized carbons (Fsp3) is 0.615. The van der Waals surface area contributed by atoms with Crippen molar-refractivity contribution in [3.63, 3.8) is 0 Å². The number of aliphatic hydroxyl groups excluding tert-OH is 1. The van der Waals surface area contributed by atoms with Crippen molar-refractivity contribution in [3.05, 3.63) is 29.6 Å². The van der Waals surface area contributed by atoms with Crippen LogP contribution in [0, 0.1) is 6.92 Å². The summed E-state index contributed by atoms with van der Waals surface area (Å²) in [5.41, 5.74) is 2.23. The monoisotopic (exact) mass is 220 g/mol. The van der Waals surface area contributed by atoms with Gasteiger partial charge in [-0.05, 0) is 31.4 Å². The number of aryl methyl sites for hydroxylation is 1. The Morgan fingerprint density at radius 2 is 2.19 bits per heavy atom. The highest BCUT2D eigenvalue weighted by atomic mass is 16.3. The topological polar surface area (TPSA) is 45.1 Å². The predicted octanol–water partition coefficient (Wildman–Crippen LogP) is 1.78. The lowest BCUT2D eigenvalue weighted by Gasteiger charge is -2.28. The molecule has 1 aliphatic rings. The molecule has 0 amide bonds. The Balaban J connectivity index is 1.84. The minimum Gasteiger partial charge on any atom is -0.392 e. The van der Waals surface area contributed by atoms with Gasteiger partial charge in [-0.3, -0.25) is 4.98 Å². The van der Waals surface area contributed by atoms with Crippen LogP contribution in [0.1, 0.15) is 36.9 Å². The first-order valence-electron chi connectivity index (χ1n) is 6.08. The van der Waals surface area contributed by atoms with E-state index in [2.05, 4.69) is 16.4 Å². The maximum Gasteiger partial charge on any atom is 0.0693 e. The molecule has 0 spiro atoms. The minimum atomic E-state index is -0.174. The summed E-state index contributed by atoms with van der Waals surface area (Å²) in [7, 11) is 0. The lowest BCUT2D eigenvalue weighted by Crippen LogP contribution is -2.41. The summed E-state index contributed by atoms with van der Waals surface area (Å²) in [6, 6.07) is 4.37. The molecule has 3 heteroatoms. The van der Waals surface area contributed by atoms with Crippen molar-refractivity contribution >= 4 is 0 Å². The second kappa shape index (κ2) is 5.41. The summed E-state index contributed by atoms with van der Waals surface area (Å²) in [6.45, 7) is 2.79. The summed E-state index contributed by atoms with van der Waals surface area (Å²) >= 11 is 0. The SMILES string of the molecule is Cc1ccc(CNC2CCCCC2O)cn1. The van der Waals surface area contributed by atoms with Gasteiger partial charge in [0.15, 0.2) is 0 Å². The van der Waals surface area contributed by atoms with Crippen LogP contribution in [0.5, 0.6) is 0 Å². The molecular weight excluding hydrogens is 200 g/mol. The number of aromatic nitrogens is 1. The Labute approximate surface area is 96.9 Å². The maximum atomic E-state index is 9.81. The Bertz CT molecular complexity index is 323. The molecule has 0 aliphatic heterocycles. The third kappa shape index (κ3) is 3.03. The third-order valence-electron chi connectivity index (χ3n) is 3.27. The summed E-state index contributed by atoms with van der Waals surface area (Å²) in [5.74, 6) is 0. The summed E-state index contributed by atoms with van der Waals surface area (Å²) in [5, 5.41) is 13.2. The van der Waals surface area contributed by atoms with Crippen molar-refractivity contribution in [1.29, 1.82) is 0 Å². The minimum absolute atomic E-state index is 0.174. The van der Waals surface area contributed by atoms with Gasteiger partial charge in [0.05, 0.1) is 6.10 Å². The van der Waals surface area contributed by atoms with Crippen molar-refractivity contribution in [1.82, 2.24) is 10.3 Å². The van der Waals surface area contributed by atoms with Gasteiger partial charge < -0.3 is 10.4 Å². The van der Waals surface area contributed by atoms with Gasteiger partial charge in [0.25, 0.3) is 0 Å². The first kappa shape index (κ1) is 11.6. The van der Waals surface area contributed by atoms with Crippen LogP contribution in [0.4, 0.5) is 0 Å². The van der Waals surface area contributed by atoms with Gasteiger partial charge in [0.2, 0.25) is 0 Å². The fourth-order valence-electron chi connectivity index (χ4n) is 2.20. The molecule has 1 fully saturated rings. The Morgan fingerprint density at radius 1 is 1.38 bits per heavy atom. The second-order valence-corrected chi connectivity index (χ2v) is 4.65. The van der Waals surface area contributed by atoms with Gasteiger partial charge in [0.1, 0.15) is 0 Å². The number of hydrogen-bond donors (Lipinski definition) is 2. The average Bonchev–Trinajstić information content (AvgIpc) is 2.30. The zero-order chi connectivity index (χ0) is 11.4. The first-order valence-corrected chi connectivity index (χ1v) is 6.08. The molecule has 1 heterocycles. The molecule has 1 aromatic rings. The van der Waals surface area contributed by atoms with E-state index in [1.165, 1.54) is 12.0 Å². The third-order valence-corrected chi connectivity index (χ3v) is 3.27. The van der Waals surface area contributed by atoms with Gasteiger partial charge in [-0.15, -0.1) is 0 Å². The Hall–Kier alpha value is -0.930. The zero-order valence-corrected chi connectivity index (χ0v) is 9.82. The lowest BCUT2D eigenvalue weighted by atomic mass is 9.92. The van der Waals surface area contributed by atoms with Crippen molar-refractivity contribution in [3.8, 4) is 0 Å². The smallest absolute Gasteiger partial charge is 0.0693 e. The molecule has 0 radical (unpaired) electrons. The molecule has 2 N–H and O–H groups in total. The van der Waals surface area contributed by atoms with Crippen LogP contribution >= 0.6 is 0 Å². The van der Waals surface area contributed by atoms with Gasteiger partial charge in [0, 0.05) is 24.5 Å². The van der Waals surface area contributed by atoms with E-state index < -0.39 is 0 Å². The van der Waals surface area contributed by atoms with Gasteiger partial charge in [-0.2, -0.15) is 0 Å². The number of nitrogens with zero attached hydrogens (tertiary/aromatic N) is 1. The largest absolute Gasteiger partial charge is 0.392 e. The van der Waals surface area contributed by atoms with Crippen LogP contribution in [0.15, 0.2) is 18.3 Å². The van der Waals surface area contributed by atoms with Gasteiger partial charge in [-0.25, -0.2) is 0 Å². The van der Waals surface area contributed by atoms with Gasteiger partial charge in [-0.1, -0.05) is 18.9 Å². The average molecular weight is 220 g/mol. The normalized spacial score (nSPS) is 25.6. The van der Waals surface area contributed by atoms with E-state index in [0.717, 1.165) is 31.5 Å². The molecule has 0 aromatic carbocycles. The molecule has 3 nitrogen and oxygen atoms in total. The van der Waals surface area contributed by atoms with Crippen molar-refractivity contribution in [2.75, 3.05) is 0 Å². The molecule has 1 saturated carbocycles. The molecule has 2 unspecified atom stereocenters. The Kier molecular flexibility index (Phi) is 3.91. The molecule has 2 atom stereocenters. The van der Waals surface area contributed by atoms with E-state index in [9.17, 15) is 5.11 Å². The first-order chi connectivity index (χ1) is 7.75. The van der Waals surface area contributed by atoms with E-state index in [0.29, 0.717) is 0 Å². The molecule has 88 valence electrons. The second-order valence-electron chi connectivity index (χ2n) is 4.65. The van der Waals surface area contributed by atoms with Crippen LogP contribution in [0.25, 0.3) is 0 Å². The standard InChI is InChI=1S/C13H20N2O/c1-10-6-7-11(8-14-10)9-15-12-4-2-3-5-13(12)16/h6-8,12-13,15-16H,2-5,9H2,1H3. The summed E-state index contributed by atoms with van der Waals surface area (Å²) in [6.07, 6.45) is 6.13. The predicted molar refractivity (Wildman–Crippen MR) is 64.1 cm³/mol. The number of aliphatic hydroxyl groups is 1. The Morgan fingerprint density at radius 3 is 2.88 bits per heavy atom. The highest BCUT2D eigenvalue weighted by Crippen LogP contribution is 2.18. The molecule has 1 aromatic heterocycles. The van der Waals surface area contributed by atoms with Crippen molar-refractivity contribution in [2.24, 2.45) is 0 Å². The lowest BCUT2D eigenvalue weighted by molar-refractivity contribution is 0.0902. The highest BCUT2D eigenvalue weighted by Gasteiger charge is 2.21. The highest BCUT2D eigenvalue weighted by molar-refractivity contribution is 5.13. The van der Waals surface area contributed by atoms with Crippen LogP contribution in [-0.2, 0) is 6.54 Å². The van der Waals surface area contributed by atoms with E-state index in [-0.39, 0.29) is 12.1 Å². The molecular formula is C13H20N2O. The molecule has 2 rings (SSSR count). The fourth-order valence-corrected chi connectivity index (χ4v) is 2.20. The molecule has 0 saturated heterocycles. The summed E-state index contributed by atoms with van der Waals surface area (Å²) < 4.78 is 0. The van der Waals surface area contributed by atoms with Crippen LogP contribution in [0.3, 0.4) is 0 Å². The van der Waals surface area contributed by atoms with Crippen molar-refractivity contribution in [2.45, 2.75) is 51.3 Å². The van der Waals surface area contributed by atoms with Crippen LogP contribution in [-0.4, -0.2) is 22.2 Å². The van der Waals surface area contributed by atoms with E-state index in [4.69, 9.17) is 0 Å². The van der Waals surface area contributed by atoms with E-state index in [1.807, 2.05) is 19.2 Å². The number of pyridine rings is 1. The molecule has 0 bridgehead atoms. The van der Waals surface area contributed by atoms with Crippen LogP contribution < -0.4 is 5.32 Å². The number of nitrogens with one attached hydrogen (secondary N) is 1. The van der Waals surface area contributed by atoms with E-state index >= 15 is 0 Å². The molecule has 1 aliphatic carbocycles. The number of rotatable bonds is 3.